The highest BCUT2D eigenvalue weighted by Crippen LogP contribution is 2.27. The predicted molar refractivity (Wildman–Crippen MR) is 68.1 cm³/mol. The molecular formula is C14H15FN2O. The molecule has 0 radical (unpaired) electrons. The Morgan fingerprint density at radius 3 is 2.61 bits per heavy atom. The summed E-state index contributed by atoms with van der Waals surface area (Å²) < 4.78 is 15.5. The fourth-order valence-electron chi connectivity index (χ4n) is 1.89. The molecule has 0 aliphatic carbocycles. The molecule has 0 atom stereocenters. The molecule has 0 fully saturated rings. The molecule has 0 saturated carbocycles. The van der Waals surface area contributed by atoms with E-state index in [0.717, 1.165) is 11.8 Å². The average Bonchev–Trinajstić information content (AvgIpc) is 2.72. The lowest BCUT2D eigenvalue weighted by Gasteiger charge is -2.07. The van der Waals surface area contributed by atoms with Gasteiger partial charge in [-0.05, 0) is 38.0 Å². The zero-order chi connectivity index (χ0) is 13.3. The Morgan fingerprint density at radius 2 is 2.06 bits per heavy atom. The molecule has 0 bridgehead atoms. The van der Waals surface area contributed by atoms with E-state index in [0.29, 0.717) is 16.7 Å². The molecule has 94 valence electrons. The summed E-state index contributed by atoms with van der Waals surface area (Å²) in [5, 5.41) is 4.04. The molecule has 2 aromatic rings. The highest BCUT2D eigenvalue weighted by Gasteiger charge is 2.15. The van der Waals surface area contributed by atoms with Gasteiger partial charge in [-0.25, -0.2) is 4.68 Å². The van der Waals surface area contributed by atoms with Crippen LogP contribution in [0, 0.1) is 12.9 Å². The minimum absolute atomic E-state index is 0.0340. The molecule has 1 aromatic carbocycles. The molecule has 0 spiro atoms. The largest absolute Gasteiger partial charge is 0.298 e. The fraction of sp³-hybridized carbons (Fsp3) is 0.286. The van der Waals surface area contributed by atoms with Crippen LogP contribution in [0.3, 0.4) is 0 Å². The number of halogens is 1. The van der Waals surface area contributed by atoms with Crippen molar-refractivity contribution in [2.75, 3.05) is 0 Å². The number of benzene rings is 1. The smallest absolute Gasteiger partial charge is 0.219 e. The zero-order valence-corrected chi connectivity index (χ0v) is 10.6. The lowest BCUT2D eigenvalue weighted by Crippen LogP contribution is -2.05. The molecule has 4 heteroatoms. The standard InChI is InChI=1S/C14H15FN2O/c1-9(2)17-14(15)13(7-16-17)12-6-11(8-18)5-4-10(12)3/h4-9H,1-3H3. The van der Waals surface area contributed by atoms with Crippen LogP contribution >= 0.6 is 0 Å². The number of aromatic nitrogens is 2. The van der Waals surface area contributed by atoms with Crippen molar-refractivity contribution < 1.29 is 9.18 Å². The predicted octanol–water partition coefficient (Wildman–Crippen LogP) is 3.39. The van der Waals surface area contributed by atoms with Gasteiger partial charge in [-0.15, -0.1) is 0 Å². The van der Waals surface area contributed by atoms with E-state index >= 15 is 0 Å². The third-order valence-electron chi connectivity index (χ3n) is 2.91. The van der Waals surface area contributed by atoms with Crippen LogP contribution in [0.1, 0.15) is 35.8 Å². The highest BCUT2D eigenvalue weighted by atomic mass is 19.1. The molecule has 1 heterocycles. The maximum Gasteiger partial charge on any atom is 0.219 e. The SMILES string of the molecule is Cc1ccc(C=O)cc1-c1cnn(C(C)C)c1F. The van der Waals surface area contributed by atoms with Gasteiger partial charge in [-0.3, -0.25) is 4.79 Å². The number of hydrogen-bond donors (Lipinski definition) is 0. The summed E-state index contributed by atoms with van der Waals surface area (Å²) in [6.07, 6.45) is 2.26. The average molecular weight is 246 g/mol. The Bertz CT molecular complexity index is 587. The summed E-state index contributed by atoms with van der Waals surface area (Å²) in [6.45, 7) is 5.62. The summed E-state index contributed by atoms with van der Waals surface area (Å²) in [6, 6.07) is 5.18. The zero-order valence-electron chi connectivity index (χ0n) is 10.6. The van der Waals surface area contributed by atoms with Gasteiger partial charge in [0, 0.05) is 11.6 Å². The highest BCUT2D eigenvalue weighted by molar-refractivity contribution is 5.80. The molecule has 0 aliphatic heterocycles. The molecule has 0 aliphatic rings. The van der Waals surface area contributed by atoms with Crippen molar-refractivity contribution in [3.63, 3.8) is 0 Å². The molecular weight excluding hydrogens is 231 g/mol. The van der Waals surface area contributed by atoms with Crippen LogP contribution < -0.4 is 0 Å². The maximum absolute atomic E-state index is 14.2. The summed E-state index contributed by atoms with van der Waals surface area (Å²) in [7, 11) is 0. The van der Waals surface area contributed by atoms with Gasteiger partial charge in [0.2, 0.25) is 5.95 Å². The molecule has 0 amide bonds. The van der Waals surface area contributed by atoms with Gasteiger partial charge in [0.25, 0.3) is 0 Å². The van der Waals surface area contributed by atoms with Gasteiger partial charge in [0.1, 0.15) is 6.29 Å². The van der Waals surface area contributed by atoms with E-state index < -0.39 is 0 Å². The lowest BCUT2D eigenvalue weighted by atomic mass is 10.0. The van der Waals surface area contributed by atoms with Gasteiger partial charge >= 0.3 is 0 Å². The van der Waals surface area contributed by atoms with Crippen LogP contribution in [-0.4, -0.2) is 16.1 Å². The van der Waals surface area contributed by atoms with Crippen molar-refractivity contribution in [3.8, 4) is 11.1 Å². The molecule has 2 rings (SSSR count). The van der Waals surface area contributed by atoms with Crippen LogP contribution in [0.2, 0.25) is 0 Å². The maximum atomic E-state index is 14.2. The number of rotatable bonds is 3. The second kappa shape index (κ2) is 4.72. The summed E-state index contributed by atoms with van der Waals surface area (Å²) >= 11 is 0. The first kappa shape index (κ1) is 12.5. The summed E-state index contributed by atoms with van der Waals surface area (Å²) in [4.78, 5) is 10.8. The minimum Gasteiger partial charge on any atom is -0.298 e. The second-order valence-corrected chi connectivity index (χ2v) is 4.58. The number of nitrogens with zero attached hydrogens (tertiary/aromatic N) is 2. The number of carbonyl (C=O) groups excluding carboxylic acids is 1. The first-order valence-electron chi connectivity index (χ1n) is 5.83. The van der Waals surface area contributed by atoms with E-state index in [-0.39, 0.29) is 12.0 Å². The van der Waals surface area contributed by atoms with Crippen LogP contribution in [0.4, 0.5) is 4.39 Å². The first-order chi connectivity index (χ1) is 8.54. The second-order valence-electron chi connectivity index (χ2n) is 4.58. The van der Waals surface area contributed by atoms with E-state index in [1.165, 1.54) is 10.9 Å². The minimum atomic E-state index is -0.365. The quantitative estimate of drug-likeness (QED) is 0.778. The van der Waals surface area contributed by atoms with Crippen molar-refractivity contribution in [2.45, 2.75) is 26.8 Å². The van der Waals surface area contributed by atoms with Crippen LogP contribution in [-0.2, 0) is 0 Å². The van der Waals surface area contributed by atoms with Gasteiger partial charge in [-0.2, -0.15) is 9.49 Å². The molecule has 0 unspecified atom stereocenters. The molecule has 0 N–H and O–H groups in total. The van der Waals surface area contributed by atoms with E-state index in [1.54, 1.807) is 12.1 Å². The van der Waals surface area contributed by atoms with Crippen molar-refractivity contribution >= 4 is 6.29 Å². The van der Waals surface area contributed by atoms with E-state index in [9.17, 15) is 9.18 Å². The van der Waals surface area contributed by atoms with Crippen LogP contribution in [0.5, 0.6) is 0 Å². The van der Waals surface area contributed by atoms with Gasteiger partial charge in [-0.1, -0.05) is 12.1 Å². The van der Waals surface area contributed by atoms with Gasteiger partial charge < -0.3 is 0 Å². The van der Waals surface area contributed by atoms with E-state index in [4.69, 9.17) is 0 Å². The third-order valence-corrected chi connectivity index (χ3v) is 2.91. The lowest BCUT2D eigenvalue weighted by molar-refractivity contribution is 0.112. The Kier molecular flexibility index (Phi) is 3.28. The Labute approximate surface area is 105 Å². The molecule has 0 saturated heterocycles. The van der Waals surface area contributed by atoms with Crippen molar-refractivity contribution in [3.05, 3.63) is 41.5 Å². The van der Waals surface area contributed by atoms with Gasteiger partial charge in [0.05, 0.1) is 11.8 Å². The Hall–Kier alpha value is -1.97. The number of carbonyl (C=O) groups is 1. The monoisotopic (exact) mass is 246 g/mol. The molecule has 3 nitrogen and oxygen atoms in total. The Balaban J connectivity index is 2.58. The van der Waals surface area contributed by atoms with Gasteiger partial charge in [0.15, 0.2) is 0 Å². The molecule has 1 aromatic heterocycles. The normalized spacial score (nSPS) is 10.9. The Morgan fingerprint density at radius 1 is 1.33 bits per heavy atom. The number of aldehydes is 1. The first-order valence-corrected chi connectivity index (χ1v) is 5.83. The summed E-state index contributed by atoms with van der Waals surface area (Å²) in [5.74, 6) is -0.365. The van der Waals surface area contributed by atoms with E-state index in [1.807, 2.05) is 26.8 Å². The number of aryl methyl sites for hydroxylation is 1. The van der Waals surface area contributed by atoms with Crippen LogP contribution in [0.25, 0.3) is 11.1 Å². The topological polar surface area (TPSA) is 34.9 Å². The van der Waals surface area contributed by atoms with Crippen LogP contribution in [0.15, 0.2) is 24.4 Å². The van der Waals surface area contributed by atoms with Crippen molar-refractivity contribution in [2.24, 2.45) is 0 Å². The third kappa shape index (κ3) is 2.06. The summed E-state index contributed by atoms with van der Waals surface area (Å²) in [5.41, 5.74) is 2.60. The van der Waals surface area contributed by atoms with Crippen molar-refractivity contribution in [1.82, 2.24) is 9.78 Å². The fourth-order valence-corrected chi connectivity index (χ4v) is 1.89. The van der Waals surface area contributed by atoms with E-state index in [2.05, 4.69) is 5.10 Å². The molecule has 18 heavy (non-hydrogen) atoms. The van der Waals surface area contributed by atoms with Crippen molar-refractivity contribution in [1.29, 1.82) is 0 Å². The number of hydrogen-bond acceptors (Lipinski definition) is 2.